The minimum atomic E-state index is -0.889. The average Bonchev–Trinajstić information content (AvgIpc) is 3.27. The van der Waals surface area contributed by atoms with E-state index in [1.165, 1.54) is 12.0 Å². The molecule has 2 fully saturated rings. The first kappa shape index (κ1) is 14.4. The van der Waals surface area contributed by atoms with Crippen molar-refractivity contribution in [2.45, 2.75) is 50.1 Å². The van der Waals surface area contributed by atoms with E-state index < -0.39 is 6.09 Å². The van der Waals surface area contributed by atoms with Gasteiger partial charge in [-0.15, -0.1) is 0 Å². The Hall–Kier alpha value is -1.55. The Morgan fingerprint density at radius 3 is 2.52 bits per heavy atom. The number of nitrogens with one attached hydrogen (secondary N) is 2. The summed E-state index contributed by atoms with van der Waals surface area (Å²) in [5.74, 6) is 1.39. The molecule has 0 unspecified atom stereocenters. The number of rotatable bonds is 5. The van der Waals surface area contributed by atoms with Crippen molar-refractivity contribution in [2.24, 2.45) is 5.92 Å². The predicted octanol–water partition coefficient (Wildman–Crippen LogP) is 2.96. The third-order valence-corrected chi connectivity index (χ3v) is 4.86. The molecule has 2 aliphatic rings. The molecule has 0 aromatic heterocycles. The maximum atomic E-state index is 10.6. The van der Waals surface area contributed by atoms with Crippen LogP contribution in [0.2, 0.25) is 0 Å². The molecule has 1 aromatic carbocycles. The first-order valence-electron chi connectivity index (χ1n) is 8.00. The highest BCUT2D eigenvalue weighted by molar-refractivity contribution is 5.64. The summed E-state index contributed by atoms with van der Waals surface area (Å²) in [6.45, 7) is 1.08. The highest BCUT2D eigenvalue weighted by Crippen LogP contribution is 2.40. The van der Waals surface area contributed by atoms with E-state index in [2.05, 4.69) is 41.0 Å². The SMILES string of the molecule is O=C(O)NC1CCC(CN[C@@H]2C[C@H]2c2ccccc2)CC1. The smallest absolute Gasteiger partial charge is 0.404 e. The van der Waals surface area contributed by atoms with Crippen LogP contribution in [0.3, 0.4) is 0 Å². The van der Waals surface area contributed by atoms with Crippen LogP contribution in [0.5, 0.6) is 0 Å². The zero-order chi connectivity index (χ0) is 14.7. The van der Waals surface area contributed by atoms with Gasteiger partial charge in [0.05, 0.1) is 0 Å². The quantitative estimate of drug-likeness (QED) is 0.780. The van der Waals surface area contributed by atoms with Crippen molar-refractivity contribution in [3.05, 3.63) is 35.9 Å². The van der Waals surface area contributed by atoms with Crippen LogP contribution < -0.4 is 10.6 Å². The molecule has 3 N–H and O–H groups in total. The maximum absolute atomic E-state index is 10.6. The van der Waals surface area contributed by atoms with Gasteiger partial charge in [-0.3, -0.25) is 0 Å². The van der Waals surface area contributed by atoms with Gasteiger partial charge < -0.3 is 15.7 Å². The molecule has 4 heteroatoms. The third-order valence-electron chi connectivity index (χ3n) is 4.86. The summed E-state index contributed by atoms with van der Waals surface area (Å²) >= 11 is 0. The van der Waals surface area contributed by atoms with E-state index in [1.807, 2.05) is 0 Å². The van der Waals surface area contributed by atoms with Crippen LogP contribution in [0.25, 0.3) is 0 Å². The number of benzene rings is 1. The zero-order valence-corrected chi connectivity index (χ0v) is 12.3. The molecule has 2 atom stereocenters. The Balaban J connectivity index is 1.35. The molecule has 1 aromatic rings. The van der Waals surface area contributed by atoms with Crippen LogP contribution in [-0.4, -0.2) is 29.8 Å². The highest BCUT2D eigenvalue weighted by Gasteiger charge is 2.38. The van der Waals surface area contributed by atoms with Crippen LogP contribution >= 0.6 is 0 Å². The number of hydrogen-bond donors (Lipinski definition) is 3. The van der Waals surface area contributed by atoms with Crippen molar-refractivity contribution in [1.82, 2.24) is 10.6 Å². The van der Waals surface area contributed by atoms with Crippen molar-refractivity contribution in [3.8, 4) is 0 Å². The van der Waals surface area contributed by atoms with Crippen molar-refractivity contribution in [2.75, 3.05) is 6.54 Å². The van der Waals surface area contributed by atoms with Gasteiger partial charge in [-0.05, 0) is 50.1 Å². The summed E-state index contributed by atoms with van der Waals surface area (Å²) in [7, 11) is 0. The number of amides is 1. The van der Waals surface area contributed by atoms with Gasteiger partial charge >= 0.3 is 6.09 Å². The van der Waals surface area contributed by atoms with Gasteiger partial charge in [0.25, 0.3) is 0 Å². The topological polar surface area (TPSA) is 61.4 Å². The fourth-order valence-corrected chi connectivity index (χ4v) is 3.49. The van der Waals surface area contributed by atoms with Crippen LogP contribution in [0.4, 0.5) is 4.79 Å². The number of hydrogen-bond acceptors (Lipinski definition) is 2. The minimum Gasteiger partial charge on any atom is -0.465 e. The Morgan fingerprint density at radius 1 is 1.14 bits per heavy atom. The molecule has 2 saturated carbocycles. The second-order valence-corrected chi connectivity index (χ2v) is 6.43. The van der Waals surface area contributed by atoms with E-state index in [4.69, 9.17) is 5.11 Å². The van der Waals surface area contributed by atoms with E-state index in [0.29, 0.717) is 17.9 Å². The molecule has 0 radical (unpaired) electrons. The molecule has 0 bridgehead atoms. The molecule has 114 valence electrons. The van der Waals surface area contributed by atoms with Crippen LogP contribution in [0.1, 0.15) is 43.6 Å². The Bertz CT molecular complexity index is 469. The van der Waals surface area contributed by atoms with Crippen LogP contribution in [-0.2, 0) is 0 Å². The summed E-state index contributed by atoms with van der Waals surface area (Å²) in [6.07, 6.45) is 4.57. The van der Waals surface area contributed by atoms with E-state index in [-0.39, 0.29) is 6.04 Å². The van der Waals surface area contributed by atoms with Crippen LogP contribution in [0, 0.1) is 5.92 Å². The summed E-state index contributed by atoms with van der Waals surface area (Å²) in [5.41, 5.74) is 1.45. The van der Waals surface area contributed by atoms with Gasteiger partial charge in [-0.25, -0.2) is 4.79 Å². The average molecular weight is 288 g/mol. The summed E-state index contributed by atoms with van der Waals surface area (Å²) in [5, 5.41) is 15.0. The van der Waals surface area contributed by atoms with Gasteiger partial charge in [-0.1, -0.05) is 30.3 Å². The van der Waals surface area contributed by atoms with E-state index in [0.717, 1.165) is 32.2 Å². The first-order chi connectivity index (χ1) is 10.2. The van der Waals surface area contributed by atoms with Crippen molar-refractivity contribution >= 4 is 6.09 Å². The molecule has 0 heterocycles. The van der Waals surface area contributed by atoms with E-state index in [9.17, 15) is 4.79 Å². The highest BCUT2D eigenvalue weighted by atomic mass is 16.4. The molecule has 21 heavy (non-hydrogen) atoms. The fraction of sp³-hybridized carbons (Fsp3) is 0.588. The molecule has 2 aliphatic carbocycles. The first-order valence-corrected chi connectivity index (χ1v) is 8.00. The van der Waals surface area contributed by atoms with Crippen molar-refractivity contribution < 1.29 is 9.90 Å². The van der Waals surface area contributed by atoms with Crippen molar-refractivity contribution in [1.29, 1.82) is 0 Å². The molecule has 1 amide bonds. The summed E-state index contributed by atoms with van der Waals surface area (Å²) in [6, 6.07) is 11.5. The molecular formula is C17H24N2O2. The molecule has 4 nitrogen and oxygen atoms in total. The molecule has 3 rings (SSSR count). The fourth-order valence-electron chi connectivity index (χ4n) is 3.49. The maximum Gasteiger partial charge on any atom is 0.404 e. The Morgan fingerprint density at radius 2 is 1.86 bits per heavy atom. The lowest BCUT2D eigenvalue weighted by Crippen LogP contribution is -2.38. The normalized spacial score (nSPS) is 31.6. The monoisotopic (exact) mass is 288 g/mol. The molecular weight excluding hydrogens is 264 g/mol. The second kappa shape index (κ2) is 6.48. The van der Waals surface area contributed by atoms with Crippen molar-refractivity contribution in [3.63, 3.8) is 0 Å². The van der Waals surface area contributed by atoms with Gasteiger partial charge in [-0.2, -0.15) is 0 Å². The zero-order valence-electron chi connectivity index (χ0n) is 12.3. The lowest BCUT2D eigenvalue weighted by atomic mass is 9.86. The third kappa shape index (κ3) is 3.97. The standard InChI is InChI=1S/C17H24N2O2/c20-17(21)19-14-8-6-12(7-9-14)11-18-16-10-15(16)13-4-2-1-3-5-13/h1-5,12,14-16,18-19H,6-11H2,(H,20,21)/t12?,14?,15-,16+/m0/s1. The summed E-state index contributed by atoms with van der Waals surface area (Å²) in [4.78, 5) is 10.6. The number of carboxylic acid groups (broad SMARTS) is 1. The van der Waals surface area contributed by atoms with Gasteiger partial charge in [0.2, 0.25) is 0 Å². The summed E-state index contributed by atoms with van der Waals surface area (Å²) < 4.78 is 0. The largest absolute Gasteiger partial charge is 0.465 e. The minimum absolute atomic E-state index is 0.164. The molecule has 0 saturated heterocycles. The lowest BCUT2D eigenvalue weighted by molar-refractivity contribution is 0.182. The predicted molar refractivity (Wildman–Crippen MR) is 82.5 cm³/mol. The van der Waals surface area contributed by atoms with E-state index >= 15 is 0 Å². The van der Waals surface area contributed by atoms with Gasteiger partial charge in [0, 0.05) is 18.0 Å². The molecule has 0 aliphatic heterocycles. The lowest BCUT2D eigenvalue weighted by Gasteiger charge is -2.28. The van der Waals surface area contributed by atoms with Gasteiger partial charge in [0.15, 0.2) is 0 Å². The Kier molecular flexibility index (Phi) is 4.44. The molecule has 0 spiro atoms. The number of carbonyl (C=O) groups is 1. The van der Waals surface area contributed by atoms with Gasteiger partial charge in [0.1, 0.15) is 0 Å². The Labute approximate surface area is 125 Å². The van der Waals surface area contributed by atoms with E-state index in [1.54, 1.807) is 0 Å². The second-order valence-electron chi connectivity index (χ2n) is 6.43. The van der Waals surface area contributed by atoms with Crippen LogP contribution in [0.15, 0.2) is 30.3 Å².